The van der Waals surface area contributed by atoms with Crippen LogP contribution in [-0.2, 0) is 20.9 Å². The first-order chi connectivity index (χ1) is 13.5. The highest BCUT2D eigenvalue weighted by Crippen LogP contribution is 2.43. The molecule has 0 spiro atoms. The van der Waals surface area contributed by atoms with Crippen molar-refractivity contribution in [2.45, 2.75) is 36.4 Å². The monoisotopic (exact) mass is 494 g/mol. The predicted octanol–water partition coefficient (Wildman–Crippen LogP) is 4.03. The Balaban J connectivity index is 1.37. The first-order valence-corrected chi connectivity index (χ1v) is 10.2. The van der Waals surface area contributed by atoms with E-state index < -0.39 is 11.9 Å². The lowest BCUT2D eigenvalue weighted by Crippen LogP contribution is -2.07. The van der Waals surface area contributed by atoms with E-state index >= 15 is 0 Å². The number of ether oxygens (including phenoxy) is 2. The van der Waals surface area contributed by atoms with Gasteiger partial charge in [0, 0.05) is 25.0 Å². The molecule has 1 N–H and O–H groups in total. The Morgan fingerprint density at radius 2 is 2.29 bits per heavy atom. The van der Waals surface area contributed by atoms with E-state index in [2.05, 4.69) is 32.7 Å². The molecule has 146 valence electrons. The molecule has 2 aliphatic carbocycles. The van der Waals surface area contributed by atoms with Crippen LogP contribution in [0.25, 0.3) is 11.4 Å². The van der Waals surface area contributed by atoms with E-state index in [-0.39, 0.29) is 10.0 Å². The number of carbonyl (C=O) groups is 1. The number of allylic oxidation sites excluding steroid dienone is 3. The Kier molecular flexibility index (Phi) is 5.38. The Labute approximate surface area is 175 Å². The molecule has 0 aliphatic heterocycles. The maximum Gasteiger partial charge on any atom is 0.311 e. The van der Waals surface area contributed by atoms with Crippen molar-refractivity contribution < 1.29 is 23.9 Å². The maximum absolute atomic E-state index is 11.1. The minimum atomic E-state index is -0.801. The summed E-state index contributed by atoms with van der Waals surface area (Å²) in [6, 6.07) is 7.80. The zero-order chi connectivity index (χ0) is 19.7. The van der Waals surface area contributed by atoms with Crippen LogP contribution in [0.2, 0.25) is 0 Å². The van der Waals surface area contributed by atoms with Gasteiger partial charge in [0.2, 0.25) is 11.7 Å². The molecule has 0 amide bonds. The van der Waals surface area contributed by atoms with Crippen LogP contribution in [0.3, 0.4) is 0 Å². The molecule has 1 aromatic heterocycles. The minimum Gasteiger partial charge on any atom is -0.493 e. The van der Waals surface area contributed by atoms with Crippen LogP contribution in [0.5, 0.6) is 0 Å². The first-order valence-electron chi connectivity index (χ1n) is 8.98. The predicted molar refractivity (Wildman–Crippen MR) is 108 cm³/mol. The molecule has 1 fully saturated rings. The fraction of sp³-hybridized carbons (Fsp3) is 0.350. The molecule has 1 heterocycles. The summed E-state index contributed by atoms with van der Waals surface area (Å²) in [6.07, 6.45) is 5.18. The van der Waals surface area contributed by atoms with Crippen molar-refractivity contribution in [3.05, 3.63) is 59.4 Å². The number of nitrogens with zero attached hydrogens (tertiary/aromatic N) is 2. The molecule has 0 saturated heterocycles. The van der Waals surface area contributed by atoms with Crippen LogP contribution in [0.15, 0.2) is 52.5 Å². The third-order valence-electron chi connectivity index (χ3n) is 4.60. The number of carboxylic acid groups (broad SMARTS) is 1. The Morgan fingerprint density at radius 1 is 1.43 bits per heavy atom. The summed E-state index contributed by atoms with van der Waals surface area (Å²) < 4.78 is 16.8. The average Bonchev–Trinajstić information content (AvgIpc) is 3.10. The molecule has 0 radical (unpaired) electrons. The van der Waals surface area contributed by atoms with E-state index in [9.17, 15) is 4.79 Å². The lowest BCUT2D eigenvalue weighted by molar-refractivity contribution is -0.139. The third kappa shape index (κ3) is 4.21. The zero-order valence-corrected chi connectivity index (χ0v) is 17.3. The summed E-state index contributed by atoms with van der Waals surface area (Å²) in [5, 5.41) is 13.1. The van der Waals surface area contributed by atoms with Crippen molar-refractivity contribution in [2.75, 3.05) is 0 Å². The Bertz CT molecular complexity index is 952. The molecule has 1 saturated carbocycles. The van der Waals surface area contributed by atoms with Gasteiger partial charge in [-0.2, -0.15) is 4.98 Å². The van der Waals surface area contributed by atoms with Crippen molar-refractivity contribution >= 4 is 28.6 Å². The van der Waals surface area contributed by atoms with Crippen LogP contribution in [0.4, 0.5) is 0 Å². The van der Waals surface area contributed by atoms with Crippen molar-refractivity contribution in [1.82, 2.24) is 10.1 Å². The SMILES string of the molecule is Cc1nc(-c2cccc(COC3=CCCC(O[C@@H]4[C@H](I)[C@H]4C(=O)O)=C3)c2)no1. The van der Waals surface area contributed by atoms with Crippen LogP contribution in [0.1, 0.15) is 24.3 Å². The van der Waals surface area contributed by atoms with Gasteiger partial charge in [-0.25, -0.2) is 0 Å². The second-order valence-corrected chi connectivity index (χ2v) is 8.21. The fourth-order valence-corrected chi connectivity index (χ4v) is 4.13. The van der Waals surface area contributed by atoms with Gasteiger partial charge in [0.15, 0.2) is 0 Å². The second-order valence-electron chi connectivity index (χ2n) is 6.77. The van der Waals surface area contributed by atoms with Gasteiger partial charge >= 0.3 is 5.97 Å². The van der Waals surface area contributed by atoms with Gasteiger partial charge in [-0.15, -0.1) is 0 Å². The Morgan fingerprint density at radius 3 is 3.00 bits per heavy atom. The van der Waals surface area contributed by atoms with E-state index in [4.69, 9.17) is 19.1 Å². The highest BCUT2D eigenvalue weighted by molar-refractivity contribution is 14.1. The molecule has 4 rings (SSSR count). The lowest BCUT2D eigenvalue weighted by atomic mass is 10.1. The molecule has 2 aromatic rings. The maximum atomic E-state index is 11.1. The van der Waals surface area contributed by atoms with Crippen LogP contribution in [-0.4, -0.2) is 31.2 Å². The summed E-state index contributed by atoms with van der Waals surface area (Å²) in [5.74, 6) is 1.37. The summed E-state index contributed by atoms with van der Waals surface area (Å²) in [7, 11) is 0. The molecular weight excluding hydrogens is 475 g/mol. The minimum absolute atomic E-state index is 0.0165. The van der Waals surface area contributed by atoms with Crippen molar-refractivity contribution in [3.8, 4) is 11.4 Å². The standard InChI is InChI=1S/C20H19IN2O5/c1-11-22-19(23-28-11)13-5-2-4-12(8-13)10-26-14-6-3-7-15(9-14)27-18-16(17(18)21)20(24)25/h2,4-6,8-9,16-18H,3,7,10H2,1H3,(H,24,25)/t16-,17-,18+/m1/s1. The van der Waals surface area contributed by atoms with Gasteiger partial charge in [0.05, 0.1) is 3.92 Å². The van der Waals surface area contributed by atoms with E-state index in [1.54, 1.807) is 6.92 Å². The van der Waals surface area contributed by atoms with Crippen molar-refractivity contribution in [2.24, 2.45) is 5.92 Å². The first kappa shape index (κ1) is 19.0. The molecule has 28 heavy (non-hydrogen) atoms. The van der Waals surface area contributed by atoms with Gasteiger partial charge in [0.25, 0.3) is 0 Å². The van der Waals surface area contributed by atoms with Gasteiger partial charge in [0.1, 0.15) is 30.1 Å². The lowest BCUT2D eigenvalue weighted by Gasteiger charge is -2.16. The van der Waals surface area contributed by atoms with Gasteiger partial charge in [-0.05, 0) is 24.1 Å². The van der Waals surface area contributed by atoms with Crippen molar-refractivity contribution in [1.29, 1.82) is 0 Å². The van der Waals surface area contributed by atoms with E-state index in [0.29, 0.717) is 18.3 Å². The number of aromatic nitrogens is 2. The molecule has 7 nitrogen and oxygen atoms in total. The average molecular weight is 494 g/mol. The Hall–Kier alpha value is -2.36. The number of hydrogen-bond donors (Lipinski definition) is 1. The quantitative estimate of drug-likeness (QED) is 0.459. The van der Waals surface area contributed by atoms with E-state index in [1.165, 1.54) is 0 Å². The van der Waals surface area contributed by atoms with Gasteiger partial charge in [-0.1, -0.05) is 45.9 Å². The van der Waals surface area contributed by atoms with Gasteiger partial charge in [-0.3, -0.25) is 4.79 Å². The molecule has 0 unspecified atom stereocenters. The number of aliphatic carboxylic acids is 1. The number of carboxylic acids is 1. The van der Waals surface area contributed by atoms with Crippen molar-refractivity contribution in [3.63, 3.8) is 0 Å². The second kappa shape index (κ2) is 7.94. The van der Waals surface area contributed by atoms with Crippen LogP contribution >= 0.6 is 22.6 Å². The fourth-order valence-electron chi connectivity index (χ4n) is 3.06. The summed E-state index contributed by atoms with van der Waals surface area (Å²) in [6.45, 7) is 2.15. The zero-order valence-electron chi connectivity index (χ0n) is 15.2. The normalized spacial score (nSPS) is 23.6. The molecule has 3 atom stereocenters. The summed E-state index contributed by atoms with van der Waals surface area (Å²) in [4.78, 5) is 15.4. The molecule has 8 heteroatoms. The number of hydrogen-bond acceptors (Lipinski definition) is 6. The summed E-state index contributed by atoms with van der Waals surface area (Å²) in [5.41, 5.74) is 1.86. The van der Waals surface area contributed by atoms with E-state index in [0.717, 1.165) is 35.5 Å². The number of rotatable bonds is 7. The molecule has 0 bridgehead atoms. The largest absolute Gasteiger partial charge is 0.493 e. The molecule has 1 aromatic carbocycles. The highest BCUT2D eigenvalue weighted by atomic mass is 127. The highest BCUT2D eigenvalue weighted by Gasteiger charge is 2.56. The smallest absolute Gasteiger partial charge is 0.311 e. The van der Waals surface area contributed by atoms with Crippen LogP contribution < -0.4 is 0 Å². The number of benzene rings is 1. The topological polar surface area (TPSA) is 94.7 Å². The molecule has 2 aliphatic rings. The van der Waals surface area contributed by atoms with Gasteiger partial charge < -0.3 is 19.1 Å². The number of alkyl halides is 1. The number of aryl methyl sites for hydroxylation is 1. The summed E-state index contributed by atoms with van der Waals surface area (Å²) >= 11 is 2.13. The number of halogens is 1. The van der Waals surface area contributed by atoms with Crippen LogP contribution in [0, 0.1) is 12.8 Å². The molecular formula is C20H19IN2O5. The van der Waals surface area contributed by atoms with E-state index in [1.807, 2.05) is 36.4 Å². The third-order valence-corrected chi connectivity index (χ3v) is 6.08.